The average molecular weight is 119 g/mol. The van der Waals surface area contributed by atoms with E-state index in [1.807, 2.05) is 19.9 Å². The van der Waals surface area contributed by atoms with E-state index in [-0.39, 0.29) is 5.38 Å². The Morgan fingerprint density at radius 2 is 2.29 bits per heavy atom. The van der Waals surface area contributed by atoms with E-state index in [1.165, 1.54) is 0 Å². The predicted octanol–water partition coefficient (Wildman–Crippen LogP) is 2.58. The number of alkyl halides is 1. The normalized spacial score (nSPS) is 15.3. The lowest BCUT2D eigenvalue weighted by molar-refractivity contribution is 0.967. The van der Waals surface area contributed by atoms with Crippen molar-refractivity contribution in [1.82, 2.24) is 0 Å². The van der Waals surface area contributed by atoms with Crippen molar-refractivity contribution in [3.05, 3.63) is 12.2 Å². The highest BCUT2D eigenvalue weighted by Crippen LogP contribution is 1.99. The number of hydrogen-bond acceptors (Lipinski definition) is 0. The second-order valence-electron chi connectivity index (χ2n) is 1.59. The summed E-state index contributed by atoms with van der Waals surface area (Å²) in [5, 5.41) is 0.288. The quantitative estimate of drug-likeness (QED) is 0.386. The van der Waals surface area contributed by atoms with Gasteiger partial charge in [0.25, 0.3) is 0 Å². The zero-order valence-corrected chi connectivity index (χ0v) is 5.57. The summed E-state index contributed by atoms with van der Waals surface area (Å²) in [5.74, 6) is 0. The average Bonchev–Trinajstić information content (AvgIpc) is 1.61. The summed E-state index contributed by atoms with van der Waals surface area (Å²) in [6.45, 7) is 3.99. The highest BCUT2D eigenvalue weighted by molar-refractivity contribution is 6.20. The molecule has 0 heterocycles. The standard InChI is InChI=1S/C6H11Cl/c1-3-4-5-6(2)7/h3-4,6H,5H2,1-2H3/b4-3-. The first kappa shape index (κ1) is 7.03. The van der Waals surface area contributed by atoms with Gasteiger partial charge >= 0.3 is 0 Å². The fourth-order valence-corrected chi connectivity index (χ4v) is 0.426. The summed E-state index contributed by atoms with van der Waals surface area (Å²) in [4.78, 5) is 0. The zero-order chi connectivity index (χ0) is 5.70. The molecule has 1 unspecified atom stereocenters. The topological polar surface area (TPSA) is 0 Å². The molecule has 0 radical (unpaired) electrons. The molecule has 0 aliphatic rings. The van der Waals surface area contributed by atoms with Crippen LogP contribution in [-0.4, -0.2) is 5.38 Å². The number of rotatable bonds is 2. The maximum absolute atomic E-state index is 5.61. The molecule has 0 saturated carbocycles. The van der Waals surface area contributed by atoms with Crippen LogP contribution < -0.4 is 0 Å². The van der Waals surface area contributed by atoms with Crippen molar-refractivity contribution < 1.29 is 0 Å². The molecule has 0 amide bonds. The van der Waals surface area contributed by atoms with Crippen molar-refractivity contribution in [2.24, 2.45) is 0 Å². The lowest BCUT2D eigenvalue weighted by Crippen LogP contribution is -1.83. The van der Waals surface area contributed by atoms with Crippen molar-refractivity contribution in [2.75, 3.05) is 0 Å². The SMILES string of the molecule is C/C=C\CC(C)Cl. The van der Waals surface area contributed by atoms with E-state index in [2.05, 4.69) is 6.08 Å². The van der Waals surface area contributed by atoms with Crippen LogP contribution in [0.4, 0.5) is 0 Å². The first-order chi connectivity index (χ1) is 3.27. The molecular weight excluding hydrogens is 108 g/mol. The van der Waals surface area contributed by atoms with Crippen LogP contribution >= 0.6 is 11.6 Å². The largest absolute Gasteiger partial charge is 0.123 e. The maximum Gasteiger partial charge on any atom is 0.0342 e. The third-order valence-corrected chi connectivity index (χ3v) is 0.875. The molecular formula is C6H11Cl. The smallest absolute Gasteiger partial charge is 0.0342 e. The molecule has 0 saturated heterocycles. The molecule has 0 aliphatic heterocycles. The van der Waals surface area contributed by atoms with E-state index in [0.29, 0.717) is 0 Å². The number of allylic oxidation sites excluding steroid dienone is 2. The summed E-state index contributed by atoms with van der Waals surface area (Å²) < 4.78 is 0. The van der Waals surface area contributed by atoms with Gasteiger partial charge in [-0.2, -0.15) is 0 Å². The second kappa shape index (κ2) is 4.20. The van der Waals surface area contributed by atoms with Gasteiger partial charge in [0.15, 0.2) is 0 Å². The molecule has 0 aromatic rings. The van der Waals surface area contributed by atoms with Gasteiger partial charge in [0, 0.05) is 5.38 Å². The Labute approximate surface area is 50.2 Å². The Morgan fingerprint density at radius 3 is 2.43 bits per heavy atom. The molecule has 1 atom stereocenters. The minimum Gasteiger partial charge on any atom is -0.123 e. The molecule has 0 aliphatic carbocycles. The molecule has 0 fully saturated rings. The van der Waals surface area contributed by atoms with Crippen LogP contribution in [0.3, 0.4) is 0 Å². The Bertz CT molecular complexity index is 55.2. The molecule has 0 bridgehead atoms. The van der Waals surface area contributed by atoms with Gasteiger partial charge in [-0.25, -0.2) is 0 Å². The van der Waals surface area contributed by atoms with Gasteiger partial charge in [-0.3, -0.25) is 0 Å². The molecule has 0 spiro atoms. The van der Waals surface area contributed by atoms with Gasteiger partial charge in [0.1, 0.15) is 0 Å². The van der Waals surface area contributed by atoms with Crippen molar-refractivity contribution in [3.63, 3.8) is 0 Å². The van der Waals surface area contributed by atoms with Crippen LogP contribution in [0.5, 0.6) is 0 Å². The summed E-state index contributed by atoms with van der Waals surface area (Å²) >= 11 is 5.61. The number of halogens is 1. The van der Waals surface area contributed by atoms with Crippen LogP contribution in [0.25, 0.3) is 0 Å². The summed E-state index contributed by atoms with van der Waals surface area (Å²) in [5.41, 5.74) is 0. The van der Waals surface area contributed by atoms with Gasteiger partial charge in [-0.15, -0.1) is 11.6 Å². The minimum atomic E-state index is 0.288. The molecule has 0 N–H and O–H groups in total. The van der Waals surface area contributed by atoms with E-state index in [0.717, 1.165) is 6.42 Å². The van der Waals surface area contributed by atoms with E-state index < -0.39 is 0 Å². The Kier molecular flexibility index (Phi) is 4.21. The van der Waals surface area contributed by atoms with E-state index in [4.69, 9.17) is 11.6 Å². The Balaban J connectivity index is 2.97. The van der Waals surface area contributed by atoms with E-state index in [9.17, 15) is 0 Å². The molecule has 42 valence electrons. The lowest BCUT2D eigenvalue weighted by Gasteiger charge is -1.91. The van der Waals surface area contributed by atoms with E-state index in [1.54, 1.807) is 0 Å². The molecule has 0 nitrogen and oxygen atoms in total. The molecule has 0 aromatic carbocycles. The molecule has 0 aromatic heterocycles. The van der Waals surface area contributed by atoms with Crippen LogP contribution in [0.2, 0.25) is 0 Å². The third kappa shape index (κ3) is 6.03. The molecule has 7 heavy (non-hydrogen) atoms. The number of hydrogen-bond donors (Lipinski definition) is 0. The van der Waals surface area contributed by atoms with Gasteiger partial charge in [-0.1, -0.05) is 12.2 Å². The van der Waals surface area contributed by atoms with Crippen molar-refractivity contribution >= 4 is 11.6 Å². The Morgan fingerprint density at radius 1 is 1.71 bits per heavy atom. The fraction of sp³-hybridized carbons (Fsp3) is 0.667. The first-order valence-electron chi connectivity index (χ1n) is 2.52. The van der Waals surface area contributed by atoms with Gasteiger partial charge in [-0.05, 0) is 20.3 Å². The first-order valence-corrected chi connectivity index (χ1v) is 2.96. The Hall–Kier alpha value is 0.0300. The third-order valence-electron chi connectivity index (χ3n) is 0.697. The summed E-state index contributed by atoms with van der Waals surface area (Å²) in [7, 11) is 0. The lowest BCUT2D eigenvalue weighted by atomic mass is 10.3. The highest BCUT2D eigenvalue weighted by atomic mass is 35.5. The van der Waals surface area contributed by atoms with E-state index >= 15 is 0 Å². The van der Waals surface area contributed by atoms with Crippen LogP contribution in [-0.2, 0) is 0 Å². The van der Waals surface area contributed by atoms with Crippen LogP contribution in [0, 0.1) is 0 Å². The summed E-state index contributed by atoms with van der Waals surface area (Å²) in [6, 6.07) is 0. The maximum atomic E-state index is 5.61. The zero-order valence-electron chi connectivity index (χ0n) is 4.82. The minimum absolute atomic E-state index is 0.288. The van der Waals surface area contributed by atoms with Gasteiger partial charge in [0.2, 0.25) is 0 Å². The van der Waals surface area contributed by atoms with Crippen molar-refractivity contribution in [2.45, 2.75) is 25.6 Å². The summed E-state index contributed by atoms with van der Waals surface area (Å²) in [6.07, 6.45) is 5.06. The van der Waals surface area contributed by atoms with Crippen LogP contribution in [0.1, 0.15) is 20.3 Å². The van der Waals surface area contributed by atoms with Gasteiger partial charge in [0.05, 0.1) is 0 Å². The second-order valence-corrected chi connectivity index (χ2v) is 2.33. The highest BCUT2D eigenvalue weighted by Gasteiger charge is 1.86. The van der Waals surface area contributed by atoms with Crippen molar-refractivity contribution in [3.8, 4) is 0 Å². The fourth-order valence-electron chi connectivity index (χ4n) is 0.324. The van der Waals surface area contributed by atoms with Crippen LogP contribution in [0.15, 0.2) is 12.2 Å². The predicted molar refractivity (Wildman–Crippen MR) is 34.7 cm³/mol. The molecule has 1 heteroatoms. The van der Waals surface area contributed by atoms with Gasteiger partial charge < -0.3 is 0 Å². The molecule has 0 rings (SSSR count). The monoisotopic (exact) mass is 118 g/mol. The van der Waals surface area contributed by atoms with Crippen molar-refractivity contribution in [1.29, 1.82) is 0 Å².